The maximum Gasteiger partial charge on any atom is 0.259 e. The first kappa shape index (κ1) is 23.3. The summed E-state index contributed by atoms with van der Waals surface area (Å²) in [4.78, 5) is 24.4. The van der Waals surface area contributed by atoms with Crippen molar-refractivity contribution in [3.63, 3.8) is 0 Å². The van der Waals surface area contributed by atoms with Crippen LogP contribution in [-0.2, 0) is 0 Å². The summed E-state index contributed by atoms with van der Waals surface area (Å²) in [5.74, 6) is 1.27. The SMILES string of the molecule is COc1cc(C2CCN(C)CC2)c(C)cc1Nc1ncc2sc(C(N)=O)c(-c3ccccc3)c2n1. The molecule has 0 aliphatic carbocycles. The Kier molecular flexibility index (Phi) is 6.40. The molecule has 3 N–H and O–H groups in total. The molecule has 3 heterocycles. The molecule has 8 heteroatoms. The summed E-state index contributed by atoms with van der Waals surface area (Å²) in [5.41, 5.74) is 11.4. The van der Waals surface area contributed by atoms with Gasteiger partial charge in [0.05, 0.1) is 29.2 Å². The Bertz CT molecular complexity index is 1380. The monoisotopic (exact) mass is 487 g/mol. The zero-order valence-electron chi connectivity index (χ0n) is 20.2. The fraction of sp³-hybridized carbons (Fsp3) is 0.296. The number of primary amides is 1. The number of nitrogens with one attached hydrogen (secondary N) is 1. The number of thiophene rings is 1. The highest BCUT2D eigenvalue weighted by Gasteiger charge is 2.23. The lowest BCUT2D eigenvalue weighted by molar-refractivity contribution is 0.100. The fourth-order valence-electron chi connectivity index (χ4n) is 4.85. The third kappa shape index (κ3) is 4.59. The Balaban J connectivity index is 1.52. The van der Waals surface area contributed by atoms with Gasteiger partial charge in [-0.2, -0.15) is 0 Å². The molecule has 4 aromatic rings. The molecule has 0 saturated carbocycles. The zero-order valence-corrected chi connectivity index (χ0v) is 21.0. The zero-order chi connectivity index (χ0) is 24.5. The van der Waals surface area contributed by atoms with Crippen molar-refractivity contribution < 1.29 is 9.53 Å². The molecule has 0 radical (unpaired) electrons. The Morgan fingerprint density at radius 1 is 1.20 bits per heavy atom. The van der Waals surface area contributed by atoms with Gasteiger partial charge in [0, 0.05) is 5.56 Å². The van der Waals surface area contributed by atoms with Crippen LogP contribution in [0.3, 0.4) is 0 Å². The van der Waals surface area contributed by atoms with Gasteiger partial charge in [0.25, 0.3) is 5.91 Å². The van der Waals surface area contributed by atoms with Crippen LogP contribution in [0.2, 0.25) is 0 Å². The van der Waals surface area contributed by atoms with Crippen molar-refractivity contribution in [1.82, 2.24) is 14.9 Å². The molecule has 0 unspecified atom stereocenters. The van der Waals surface area contributed by atoms with Crippen molar-refractivity contribution in [2.45, 2.75) is 25.7 Å². The number of hydrogen-bond donors (Lipinski definition) is 2. The highest BCUT2D eigenvalue weighted by Crippen LogP contribution is 2.39. The summed E-state index contributed by atoms with van der Waals surface area (Å²) in [6.45, 7) is 4.36. The number of aromatic nitrogens is 2. The van der Waals surface area contributed by atoms with Gasteiger partial charge >= 0.3 is 0 Å². The molecular weight excluding hydrogens is 458 g/mol. The highest BCUT2D eigenvalue weighted by atomic mass is 32.1. The predicted molar refractivity (Wildman–Crippen MR) is 142 cm³/mol. The molecule has 0 atom stereocenters. The molecule has 1 aliphatic rings. The molecule has 0 bridgehead atoms. The number of anilines is 2. The molecular formula is C27H29N5O2S. The first-order valence-corrected chi connectivity index (χ1v) is 12.5. The van der Waals surface area contributed by atoms with Crippen molar-refractivity contribution in [3.8, 4) is 16.9 Å². The molecule has 2 aromatic carbocycles. The molecule has 1 amide bonds. The van der Waals surface area contributed by atoms with E-state index in [9.17, 15) is 4.79 Å². The summed E-state index contributed by atoms with van der Waals surface area (Å²) >= 11 is 1.31. The summed E-state index contributed by atoms with van der Waals surface area (Å²) < 4.78 is 6.56. The van der Waals surface area contributed by atoms with E-state index < -0.39 is 5.91 Å². The number of carbonyl (C=O) groups excluding carboxylic acids is 1. The maximum atomic E-state index is 12.2. The minimum atomic E-state index is -0.469. The van der Waals surface area contributed by atoms with Crippen LogP contribution in [0, 0.1) is 6.92 Å². The van der Waals surface area contributed by atoms with Gasteiger partial charge < -0.3 is 20.7 Å². The van der Waals surface area contributed by atoms with E-state index in [0.717, 1.165) is 53.2 Å². The number of piperidine rings is 1. The quantitative estimate of drug-likeness (QED) is 0.382. The Morgan fingerprint density at radius 2 is 1.94 bits per heavy atom. The van der Waals surface area contributed by atoms with E-state index in [2.05, 4.69) is 41.3 Å². The van der Waals surface area contributed by atoms with Gasteiger partial charge in [0.2, 0.25) is 5.95 Å². The van der Waals surface area contributed by atoms with Crippen LogP contribution in [-0.4, -0.2) is 48.0 Å². The number of rotatable bonds is 6. The van der Waals surface area contributed by atoms with E-state index in [1.807, 2.05) is 30.3 Å². The number of methoxy groups -OCH3 is 1. The normalized spacial score (nSPS) is 14.8. The number of aryl methyl sites for hydroxylation is 1. The van der Waals surface area contributed by atoms with Gasteiger partial charge in [-0.05, 0) is 74.6 Å². The number of hydrogen-bond acceptors (Lipinski definition) is 7. The van der Waals surface area contributed by atoms with Gasteiger partial charge in [0.15, 0.2) is 0 Å². The summed E-state index contributed by atoms with van der Waals surface area (Å²) in [6, 6.07) is 14.0. The van der Waals surface area contributed by atoms with Gasteiger partial charge in [-0.15, -0.1) is 11.3 Å². The largest absolute Gasteiger partial charge is 0.495 e. The molecule has 35 heavy (non-hydrogen) atoms. The topological polar surface area (TPSA) is 93.4 Å². The van der Waals surface area contributed by atoms with Gasteiger partial charge in [-0.3, -0.25) is 4.79 Å². The summed E-state index contributed by atoms with van der Waals surface area (Å²) in [7, 11) is 3.86. The Hall–Kier alpha value is -3.49. The number of amides is 1. The van der Waals surface area contributed by atoms with Crippen LogP contribution >= 0.6 is 11.3 Å². The lowest BCUT2D eigenvalue weighted by atomic mass is 9.86. The van der Waals surface area contributed by atoms with Crippen LogP contribution in [0.25, 0.3) is 21.3 Å². The first-order valence-electron chi connectivity index (χ1n) is 11.7. The molecule has 2 aromatic heterocycles. The summed E-state index contributed by atoms with van der Waals surface area (Å²) in [5, 5.41) is 3.34. The second-order valence-electron chi connectivity index (χ2n) is 9.05. The lowest BCUT2D eigenvalue weighted by Crippen LogP contribution is -2.29. The minimum Gasteiger partial charge on any atom is -0.495 e. The number of fused-ring (bicyclic) bond motifs is 1. The van der Waals surface area contributed by atoms with E-state index in [-0.39, 0.29) is 0 Å². The molecule has 1 saturated heterocycles. The number of nitrogens with zero attached hydrogens (tertiary/aromatic N) is 3. The van der Waals surface area contributed by atoms with Crippen molar-refractivity contribution in [3.05, 3.63) is 64.7 Å². The molecule has 5 rings (SSSR count). The lowest BCUT2D eigenvalue weighted by Gasteiger charge is -2.30. The van der Waals surface area contributed by atoms with Crippen LogP contribution in [0.5, 0.6) is 5.75 Å². The molecule has 1 fully saturated rings. The third-order valence-electron chi connectivity index (χ3n) is 6.71. The average Bonchev–Trinajstić information content (AvgIpc) is 3.25. The van der Waals surface area contributed by atoms with E-state index >= 15 is 0 Å². The average molecular weight is 488 g/mol. The van der Waals surface area contributed by atoms with E-state index in [4.69, 9.17) is 15.5 Å². The van der Waals surface area contributed by atoms with E-state index in [1.54, 1.807) is 13.3 Å². The number of benzene rings is 2. The smallest absolute Gasteiger partial charge is 0.259 e. The fourth-order valence-corrected chi connectivity index (χ4v) is 5.84. The third-order valence-corrected chi connectivity index (χ3v) is 7.84. The van der Waals surface area contributed by atoms with Crippen molar-refractivity contribution in [2.24, 2.45) is 5.73 Å². The molecule has 7 nitrogen and oxygen atoms in total. The number of ether oxygens (including phenoxy) is 1. The van der Waals surface area contributed by atoms with Crippen molar-refractivity contribution >= 4 is 39.1 Å². The van der Waals surface area contributed by atoms with Gasteiger partial charge in [-0.1, -0.05) is 30.3 Å². The first-order chi connectivity index (χ1) is 16.9. The predicted octanol–water partition coefficient (Wildman–Crippen LogP) is 5.33. The second kappa shape index (κ2) is 9.64. The van der Waals surface area contributed by atoms with E-state index in [1.165, 1.54) is 22.5 Å². The Morgan fingerprint density at radius 3 is 2.63 bits per heavy atom. The molecule has 1 aliphatic heterocycles. The molecule has 0 spiro atoms. The van der Waals surface area contributed by atoms with Gasteiger partial charge in [0.1, 0.15) is 10.6 Å². The van der Waals surface area contributed by atoms with Gasteiger partial charge in [-0.25, -0.2) is 9.97 Å². The standard InChI is InChI=1S/C27H29N5O2S/c1-16-13-20(21(34-3)14-19(16)17-9-11-32(2)12-10-17)30-27-29-15-22-24(31-27)23(25(35-22)26(28)33)18-7-5-4-6-8-18/h4-8,13-15,17H,9-12H2,1-3H3,(H2,28,33)(H,29,30,31). The van der Waals surface area contributed by atoms with Crippen molar-refractivity contribution in [2.75, 3.05) is 32.6 Å². The summed E-state index contributed by atoms with van der Waals surface area (Å²) in [6.07, 6.45) is 4.03. The van der Waals surface area contributed by atoms with Crippen LogP contribution in [0.15, 0.2) is 48.7 Å². The van der Waals surface area contributed by atoms with E-state index in [0.29, 0.717) is 22.3 Å². The maximum absolute atomic E-state index is 12.2. The second-order valence-corrected chi connectivity index (χ2v) is 10.1. The number of nitrogens with two attached hydrogens (primary N) is 1. The Labute approximate surface area is 209 Å². The van der Waals surface area contributed by atoms with Crippen molar-refractivity contribution in [1.29, 1.82) is 0 Å². The number of carbonyl (C=O) groups is 1. The minimum absolute atomic E-state index is 0.438. The van der Waals surface area contributed by atoms with Crippen LogP contribution in [0.1, 0.15) is 39.6 Å². The number of likely N-dealkylation sites (tertiary alicyclic amines) is 1. The van der Waals surface area contributed by atoms with Crippen LogP contribution in [0.4, 0.5) is 11.6 Å². The highest BCUT2D eigenvalue weighted by molar-refractivity contribution is 7.21. The van der Waals surface area contributed by atoms with Crippen LogP contribution < -0.4 is 15.8 Å². The molecule has 180 valence electrons.